The Morgan fingerprint density at radius 3 is 2.78 bits per heavy atom. The number of nitrogens with one attached hydrogen (secondary N) is 1. The Bertz CT molecular complexity index is 1090. The molecule has 0 saturated carbocycles. The third-order valence-corrected chi connectivity index (χ3v) is 4.39. The van der Waals surface area contributed by atoms with Gasteiger partial charge in [0.15, 0.2) is 11.6 Å². The summed E-state index contributed by atoms with van der Waals surface area (Å²) in [5, 5.41) is 25.0. The first-order valence-corrected chi connectivity index (χ1v) is 8.38. The van der Waals surface area contributed by atoms with Crippen molar-refractivity contribution in [2.45, 2.75) is 0 Å². The van der Waals surface area contributed by atoms with Crippen LogP contribution >= 0.6 is 11.3 Å². The number of nitrogens with zero attached hydrogens (tertiary/aromatic N) is 3. The standard InChI is InChI=1S/C18H10F2N4O2S/c19-15-5-4-13(7-16(15)20)22-9-12(8-21)18-23-17(10-27-18)11-2-1-3-14(6-11)24(25)26/h1-7,9-10,22H. The molecule has 6 nitrogen and oxygen atoms in total. The summed E-state index contributed by atoms with van der Waals surface area (Å²) in [6.07, 6.45) is 1.34. The van der Waals surface area contributed by atoms with Crippen LogP contribution in [0.25, 0.3) is 16.8 Å². The number of nitro benzene ring substituents is 1. The van der Waals surface area contributed by atoms with Crippen molar-refractivity contribution < 1.29 is 13.7 Å². The molecule has 3 rings (SSSR count). The number of anilines is 1. The number of aromatic nitrogens is 1. The molecule has 1 aromatic heterocycles. The molecule has 9 heteroatoms. The summed E-state index contributed by atoms with van der Waals surface area (Å²) >= 11 is 1.19. The quantitative estimate of drug-likeness (QED) is 0.381. The number of hydrogen-bond donors (Lipinski definition) is 1. The van der Waals surface area contributed by atoms with Gasteiger partial charge in [-0.15, -0.1) is 11.3 Å². The highest BCUT2D eigenvalue weighted by atomic mass is 32.1. The van der Waals surface area contributed by atoms with Crippen LogP contribution in [-0.4, -0.2) is 9.91 Å². The maximum absolute atomic E-state index is 13.2. The summed E-state index contributed by atoms with van der Waals surface area (Å²) < 4.78 is 26.2. The van der Waals surface area contributed by atoms with Crippen LogP contribution in [0.4, 0.5) is 20.2 Å². The van der Waals surface area contributed by atoms with Crippen molar-refractivity contribution in [1.82, 2.24) is 4.98 Å². The molecule has 0 aliphatic carbocycles. The first kappa shape index (κ1) is 18.2. The third kappa shape index (κ3) is 4.13. The van der Waals surface area contributed by atoms with E-state index in [-0.39, 0.29) is 16.9 Å². The minimum absolute atomic E-state index is 0.0573. The highest BCUT2D eigenvalue weighted by Crippen LogP contribution is 2.28. The van der Waals surface area contributed by atoms with Gasteiger partial charge >= 0.3 is 0 Å². The summed E-state index contributed by atoms with van der Waals surface area (Å²) in [5.41, 5.74) is 1.45. The molecule has 0 spiro atoms. The number of nitriles is 1. The number of benzene rings is 2. The first-order valence-electron chi connectivity index (χ1n) is 7.50. The highest BCUT2D eigenvalue weighted by molar-refractivity contribution is 7.11. The van der Waals surface area contributed by atoms with E-state index in [1.165, 1.54) is 35.7 Å². The smallest absolute Gasteiger partial charge is 0.270 e. The molecule has 0 saturated heterocycles. The van der Waals surface area contributed by atoms with Crippen molar-refractivity contribution >= 4 is 28.3 Å². The van der Waals surface area contributed by atoms with Gasteiger partial charge in [-0.25, -0.2) is 13.8 Å². The van der Waals surface area contributed by atoms with Crippen LogP contribution in [0.1, 0.15) is 5.01 Å². The van der Waals surface area contributed by atoms with Gasteiger partial charge in [-0.05, 0) is 12.1 Å². The van der Waals surface area contributed by atoms with Gasteiger partial charge in [0.25, 0.3) is 5.69 Å². The number of thiazole rings is 1. The maximum atomic E-state index is 13.2. The number of allylic oxidation sites excluding steroid dienone is 1. The fourth-order valence-electron chi connectivity index (χ4n) is 2.19. The minimum Gasteiger partial charge on any atom is -0.360 e. The van der Waals surface area contributed by atoms with Crippen LogP contribution in [-0.2, 0) is 0 Å². The molecular weight excluding hydrogens is 374 g/mol. The molecule has 0 unspecified atom stereocenters. The number of nitro groups is 1. The van der Waals surface area contributed by atoms with Gasteiger partial charge in [-0.1, -0.05) is 12.1 Å². The van der Waals surface area contributed by atoms with Gasteiger partial charge in [0.2, 0.25) is 0 Å². The summed E-state index contributed by atoms with van der Waals surface area (Å²) in [7, 11) is 0. The van der Waals surface area contributed by atoms with E-state index in [4.69, 9.17) is 0 Å². The van der Waals surface area contributed by atoms with Crippen molar-refractivity contribution in [2.75, 3.05) is 5.32 Å². The monoisotopic (exact) mass is 384 g/mol. The Morgan fingerprint density at radius 1 is 1.26 bits per heavy atom. The molecule has 3 aromatic rings. The van der Waals surface area contributed by atoms with E-state index in [2.05, 4.69) is 10.3 Å². The van der Waals surface area contributed by atoms with Gasteiger partial charge < -0.3 is 5.32 Å². The average Bonchev–Trinajstić information content (AvgIpc) is 3.15. The molecule has 0 aliphatic heterocycles. The lowest BCUT2D eigenvalue weighted by Crippen LogP contribution is -1.93. The molecule has 134 valence electrons. The summed E-state index contributed by atoms with van der Waals surface area (Å²) in [6, 6.07) is 11.3. The van der Waals surface area contributed by atoms with Crippen LogP contribution in [0.5, 0.6) is 0 Å². The van der Waals surface area contributed by atoms with Gasteiger partial charge in [0.1, 0.15) is 16.6 Å². The minimum atomic E-state index is -1.01. The van der Waals surface area contributed by atoms with Gasteiger partial charge in [-0.3, -0.25) is 10.1 Å². The molecule has 27 heavy (non-hydrogen) atoms. The Hall–Kier alpha value is -3.64. The molecule has 0 fully saturated rings. The van der Waals surface area contributed by atoms with Gasteiger partial charge in [-0.2, -0.15) is 5.26 Å². The van der Waals surface area contributed by atoms with E-state index in [9.17, 15) is 24.2 Å². The lowest BCUT2D eigenvalue weighted by molar-refractivity contribution is -0.384. The molecule has 0 bridgehead atoms. The van der Waals surface area contributed by atoms with E-state index in [1.54, 1.807) is 17.5 Å². The predicted octanol–water partition coefficient (Wildman–Crippen LogP) is 4.97. The lowest BCUT2D eigenvalue weighted by atomic mass is 10.1. The van der Waals surface area contributed by atoms with Gasteiger partial charge in [0, 0.05) is 41.0 Å². The van der Waals surface area contributed by atoms with Crippen molar-refractivity contribution in [3.63, 3.8) is 0 Å². The van der Waals surface area contributed by atoms with Crippen molar-refractivity contribution in [1.29, 1.82) is 5.26 Å². The van der Waals surface area contributed by atoms with Crippen LogP contribution < -0.4 is 5.32 Å². The summed E-state index contributed by atoms with van der Waals surface area (Å²) in [6.45, 7) is 0. The van der Waals surface area contributed by atoms with Crippen LogP contribution in [0, 0.1) is 33.1 Å². The first-order chi connectivity index (χ1) is 13.0. The third-order valence-electron chi connectivity index (χ3n) is 3.51. The topological polar surface area (TPSA) is 91.8 Å². The molecule has 0 aliphatic rings. The normalized spacial score (nSPS) is 11.1. The SMILES string of the molecule is N#CC(=CNc1ccc(F)c(F)c1)c1nc(-c2cccc([N+](=O)[O-])c2)cs1. The predicted molar refractivity (Wildman–Crippen MR) is 97.8 cm³/mol. The number of hydrogen-bond acceptors (Lipinski definition) is 6. The molecule has 1 N–H and O–H groups in total. The summed E-state index contributed by atoms with van der Waals surface area (Å²) in [5.74, 6) is -1.97. The van der Waals surface area contributed by atoms with Gasteiger partial charge in [0.05, 0.1) is 10.6 Å². The van der Waals surface area contributed by atoms with E-state index in [1.807, 2.05) is 6.07 Å². The van der Waals surface area contributed by atoms with Crippen LogP contribution in [0.3, 0.4) is 0 Å². The van der Waals surface area contributed by atoms with Crippen LogP contribution in [0.15, 0.2) is 54.0 Å². The highest BCUT2D eigenvalue weighted by Gasteiger charge is 2.12. The molecule has 0 radical (unpaired) electrons. The van der Waals surface area contributed by atoms with Crippen LogP contribution in [0.2, 0.25) is 0 Å². The number of rotatable bonds is 5. The zero-order chi connectivity index (χ0) is 19.4. The summed E-state index contributed by atoms with van der Waals surface area (Å²) in [4.78, 5) is 14.7. The molecule has 2 aromatic carbocycles. The molecule has 1 heterocycles. The van der Waals surface area contributed by atoms with E-state index < -0.39 is 16.6 Å². The van der Waals surface area contributed by atoms with E-state index >= 15 is 0 Å². The second kappa shape index (κ2) is 7.72. The Balaban J connectivity index is 1.85. The maximum Gasteiger partial charge on any atom is 0.270 e. The fourth-order valence-corrected chi connectivity index (χ4v) is 2.99. The lowest BCUT2D eigenvalue weighted by Gasteiger charge is -2.02. The fraction of sp³-hybridized carbons (Fsp3) is 0. The zero-order valence-corrected chi connectivity index (χ0v) is 14.3. The average molecular weight is 384 g/mol. The van der Waals surface area contributed by atoms with Crippen molar-refractivity contribution in [2.24, 2.45) is 0 Å². The largest absolute Gasteiger partial charge is 0.360 e. The Morgan fingerprint density at radius 2 is 2.07 bits per heavy atom. The Labute approximate surface area is 156 Å². The molecule has 0 atom stereocenters. The van der Waals surface area contributed by atoms with E-state index in [0.717, 1.165) is 12.1 Å². The molecule has 0 amide bonds. The van der Waals surface area contributed by atoms with Crippen molar-refractivity contribution in [3.8, 4) is 17.3 Å². The number of halogens is 2. The second-order valence-electron chi connectivity index (χ2n) is 5.29. The zero-order valence-electron chi connectivity index (χ0n) is 13.5. The second-order valence-corrected chi connectivity index (χ2v) is 6.15. The Kier molecular flexibility index (Phi) is 5.19. The van der Waals surface area contributed by atoms with E-state index in [0.29, 0.717) is 16.3 Å². The molecular formula is C18H10F2N4O2S. The van der Waals surface area contributed by atoms with Crippen molar-refractivity contribution in [3.05, 3.63) is 80.8 Å². The number of non-ortho nitro benzene ring substituents is 1.